The zero-order chi connectivity index (χ0) is 26.9. The molecule has 1 aliphatic carbocycles. The molecule has 8 heteroatoms. The van der Waals surface area contributed by atoms with Crippen molar-refractivity contribution in [2.75, 3.05) is 31.2 Å². The van der Waals surface area contributed by atoms with Crippen LogP contribution in [0.25, 0.3) is 22.3 Å². The minimum atomic E-state index is -0.478. The van der Waals surface area contributed by atoms with Gasteiger partial charge < -0.3 is 23.5 Å². The molecule has 1 aromatic heterocycles. The van der Waals surface area contributed by atoms with Crippen molar-refractivity contribution in [3.63, 3.8) is 0 Å². The number of esters is 1. The summed E-state index contributed by atoms with van der Waals surface area (Å²) in [7, 11) is 0. The number of benzene rings is 2. The van der Waals surface area contributed by atoms with E-state index in [0.29, 0.717) is 59.1 Å². The number of hydrogen-bond acceptors (Lipinski definition) is 7. The normalized spacial score (nSPS) is 19.4. The minimum absolute atomic E-state index is 0.0205. The van der Waals surface area contributed by atoms with E-state index in [-0.39, 0.29) is 23.4 Å². The molecule has 2 aromatic carbocycles. The van der Waals surface area contributed by atoms with Gasteiger partial charge in [0, 0.05) is 30.9 Å². The summed E-state index contributed by atoms with van der Waals surface area (Å²) in [5.41, 5.74) is 1.47. The van der Waals surface area contributed by atoms with Crippen LogP contribution in [0.2, 0.25) is 5.02 Å². The molecule has 1 saturated carbocycles. The van der Waals surface area contributed by atoms with Crippen LogP contribution in [0, 0.1) is 5.92 Å². The lowest BCUT2D eigenvalue weighted by atomic mass is 9.82. The fraction of sp³-hybridized carbons (Fsp3) is 0.467. The highest BCUT2D eigenvalue weighted by Crippen LogP contribution is 2.37. The average Bonchev–Trinajstić information content (AvgIpc) is 3.37. The Hall–Kier alpha value is -3.03. The third-order valence-corrected chi connectivity index (χ3v) is 7.24. The zero-order valence-electron chi connectivity index (χ0n) is 22.1. The van der Waals surface area contributed by atoms with E-state index < -0.39 is 5.60 Å². The number of carbonyl (C=O) groups excluding carboxylic acids is 1. The van der Waals surface area contributed by atoms with Gasteiger partial charge in [-0.15, -0.1) is 0 Å². The number of anilines is 1. The second kappa shape index (κ2) is 11.0. The van der Waals surface area contributed by atoms with E-state index in [9.17, 15) is 9.59 Å². The molecule has 0 N–H and O–H groups in total. The van der Waals surface area contributed by atoms with Gasteiger partial charge in [0.2, 0.25) is 0 Å². The predicted molar refractivity (Wildman–Crippen MR) is 148 cm³/mol. The van der Waals surface area contributed by atoms with Crippen molar-refractivity contribution in [2.24, 2.45) is 5.92 Å². The number of carbonyl (C=O) groups is 1. The molecule has 1 aliphatic heterocycles. The topological polar surface area (TPSA) is 78.2 Å². The molecule has 1 saturated heterocycles. The molecule has 2 fully saturated rings. The number of para-hydroxylation sites is 1. The van der Waals surface area contributed by atoms with E-state index in [4.69, 9.17) is 30.2 Å². The Balaban J connectivity index is 1.28. The van der Waals surface area contributed by atoms with Crippen molar-refractivity contribution in [3.05, 3.63) is 57.7 Å². The van der Waals surface area contributed by atoms with E-state index in [1.54, 1.807) is 18.2 Å². The van der Waals surface area contributed by atoms with Gasteiger partial charge in [-0.05, 0) is 70.7 Å². The highest BCUT2D eigenvalue weighted by Gasteiger charge is 2.37. The van der Waals surface area contributed by atoms with Crippen LogP contribution in [0.3, 0.4) is 0 Å². The van der Waals surface area contributed by atoms with Crippen molar-refractivity contribution in [1.82, 2.24) is 0 Å². The Morgan fingerprint density at radius 2 is 1.84 bits per heavy atom. The first-order valence-corrected chi connectivity index (χ1v) is 13.6. The summed E-state index contributed by atoms with van der Waals surface area (Å²) in [4.78, 5) is 27.3. The molecule has 2 aliphatic rings. The molecule has 7 nitrogen and oxygen atoms in total. The Labute approximate surface area is 227 Å². The van der Waals surface area contributed by atoms with Crippen molar-refractivity contribution in [2.45, 2.75) is 58.2 Å². The van der Waals surface area contributed by atoms with Gasteiger partial charge >= 0.3 is 5.97 Å². The summed E-state index contributed by atoms with van der Waals surface area (Å²) in [6, 6.07) is 12.6. The molecule has 0 atom stereocenters. The highest BCUT2D eigenvalue weighted by atomic mass is 35.5. The monoisotopic (exact) mass is 539 g/mol. The zero-order valence-corrected chi connectivity index (χ0v) is 22.9. The van der Waals surface area contributed by atoms with E-state index >= 15 is 0 Å². The summed E-state index contributed by atoms with van der Waals surface area (Å²) in [5, 5.41) is 0.826. The fourth-order valence-corrected chi connectivity index (χ4v) is 5.14. The number of hydrogen-bond donors (Lipinski definition) is 0. The Bertz CT molecular complexity index is 1370. The van der Waals surface area contributed by atoms with Gasteiger partial charge in [-0.25, -0.2) is 0 Å². The molecular weight excluding hydrogens is 506 g/mol. The predicted octanol–water partition coefficient (Wildman–Crippen LogP) is 6.23. The minimum Gasteiger partial charge on any atom is -0.490 e. The number of fused-ring (bicyclic) bond motifs is 1. The van der Waals surface area contributed by atoms with Crippen LogP contribution in [0.5, 0.6) is 5.75 Å². The average molecular weight is 540 g/mol. The van der Waals surface area contributed by atoms with Crippen molar-refractivity contribution >= 4 is 34.2 Å². The second-order valence-electron chi connectivity index (χ2n) is 11.0. The summed E-state index contributed by atoms with van der Waals surface area (Å²) in [6.45, 7) is 8.33. The molecule has 0 unspecified atom stereocenters. The number of nitrogens with zero attached hydrogens (tertiary/aromatic N) is 1. The van der Waals surface area contributed by atoms with Crippen LogP contribution in [0.15, 0.2) is 51.7 Å². The Morgan fingerprint density at radius 1 is 1.08 bits per heavy atom. The highest BCUT2D eigenvalue weighted by molar-refractivity contribution is 6.34. The first-order valence-electron chi connectivity index (χ1n) is 13.3. The summed E-state index contributed by atoms with van der Waals surface area (Å²) in [6.07, 6.45) is 3.67. The quantitative estimate of drug-likeness (QED) is 0.248. The van der Waals surface area contributed by atoms with E-state index in [1.807, 2.05) is 39.0 Å². The lowest BCUT2D eigenvalue weighted by Crippen LogP contribution is -2.40. The molecular formula is C30H34ClNO6. The van der Waals surface area contributed by atoms with Gasteiger partial charge in [0.05, 0.1) is 34.6 Å². The molecule has 0 amide bonds. The standard InChI is InChI=1S/C30H34ClNO6/c1-30(2,3)38-29(34)19-15-21(16-19)35-13-14-36-26-17-20(32-11-4-5-12-32)9-10-23(26)27-18-25(33)22-7-6-8-24(31)28(22)37-27/h6-10,17-19,21H,4-5,11-16H2,1-3H3. The lowest BCUT2D eigenvalue weighted by Gasteiger charge is -2.35. The smallest absolute Gasteiger partial charge is 0.309 e. The second-order valence-corrected chi connectivity index (χ2v) is 11.4. The molecule has 38 heavy (non-hydrogen) atoms. The van der Waals surface area contributed by atoms with Gasteiger partial charge in [-0.2, -0.15) is 0 Å². The first kappa shape index (κ1) is 26.6. The van der Waals surface area contributed by atoms with Gasteiger partial charge in [0.15, 0.2) is 11.0 Å². The molecule has 0 spiro atoms. The molecule has 0 bridgehead atoms. The largest absolute Gasteiger partial charge is 0.490 e. The number of halogens is 1. The van der Waals surface area contributed by atoms with Gasteiger partial charge in [0.25, 0.3) is 0 Å². The summed E-state index contributed by atoms with van der Waals surface area (Å²) >= 11 is 6.34. The van der Waals surface area contributed by atoms with Crippen LogP contribution in [-0.4, -0.2) is 44.0 Å². The van der Waals surface area contributed by atoms with Crippen molar-refractivity contribution in [3.8, 4) is 17.1 Å². The Kier molecular flexibility index (Phi) is 7.68. The van der Waals surface area contributed by atoms with E-state index in [0.717, 1.165) is 31.6 Å². The maximum atomic E-state index is 12.8. The van der Waals surface area contributed by atoms with E-state index in [1.165, 1.54) is 6.07 Å². The third kappa shape index (κ3) is 6.00. The van der Waals surface area contributed by atoms with E-state index in [2.05, 4.69) is 4.90 Å². The van der Waals surface area contributed by atoms with Crippen LogP contribution >= 0.6 is 11.6 Å². The maximum absolute atomic E-state index is 12.8. The number of rotatable bonds is 8. The van der Waals surface area contributed by atoms with Gasteiger partial charge in [0.1, 0.15) is 23.7 Å². The fourth-order valence-electron chi connectivity index (χ4n) is 4.93. The molecule has 5 rings (SSSR count). The molecule has 0 radical (unpaired) electrons. The number of ether oxygens (including phenoxy) is 3. The van der Waals surface area contributed by atoms with Crippen LogP contribution in [0.1, 0.15) is 46.5 Å². The third-order valence-electron chi connectivity index (χ3n) is 6.94. The van der Waals surface area contributed by atoms with Crippen LogP contribution in [0.4, 0.5) is 5.69 Å². The van der Waals surface area contributed by atoms with Gasteiger partial charge in [-0.1, -0.05) is 17.7 Å². The molecule has 2 heterocycles. The first-order chi connectivity index (χ1) is 18.2. The SMILES string of the molecule is CC(C)(C)OC(=O)C1CC(OCCOc2cc(N3CCCC3)ccc2-c2cc(=O)c3cccc(Cl)c3o2)C1. The molecule has 3 aromatic rings. The van der Waals surface area contributed by atoms with Crippen molar-refractivity contribution < 1.29 is 23.4 Å². The van der Waals surface area contributed by atoms with Crippen LogP contribution < -0.4 is 15.1 Å². The van der Waals surface area contributed by atoms with Gasteiger partial charge in [-0.3, -0.25) is 9.59 Å². The van der Waals surface area contributed by atoms with Crippen molar-refractivity contribution in [1.29, 1.82) is 0 Å². The Morgan fingerprint density at radius 3 is 2.58 bits per heavy atom. The summed E-state index contributed by atoms with van der Waals surface area (Å²) < 4.78 is 23.7. The maximum Gasteiger partial charge on any atom is 0.309 e. The molecule has 202 valence electrons. The lowest BCUT2D eigenvalue weighted by molar-refractivity contribution is -0.169. The summed E-state index contributed by atoms with van der Waals surface area (Å²) in [5.74, 6) is 0.756. The van der Waals surface area contributed by atoms with Crippen LogP contribution in [-0.2, 0) is 14.3 Å².